The molecule has 1 atom stereocenters. The third kappa shape index (κ3) is 4.45. The van der Waals surface area contributed by atoms with Gasteiger partial charge in [0.05, 0.1) is 11.3 Å². The van der Waals surface area contributed by atoms with E-state index in [0.29, 0.717) is 29.5 Å². The molecule has 1 fully saturated rings. The molecule has 4 rings (SSSR count). The van der Waals surface area contributed by atoms with Gasteiger partial charge in [0.2, 0.25) is 0 Å². The Morgan fingerprint density at radius 1 is 1.15 bits per heavy atom. The molecule has 178 valence electrons. The number of pyridine rings is 2. The highest BCUT2D eigenvalue weighted by Gasteiger charge is 2.41. The molecule has 34 heavy (non-hydrogen) atoms. The number of carbonyl (C=O) groups is 1. The molecule has 2 aromatic heterocycles. The van der Waals surface area contributed by atoms with Gasteiger partial charge in [0.25, 0.3) is 15.9 Å². The van der Waals surface area contributed by atoms with E-state index in [1.807, 2.05) is 4.90 Å². The summed E-state index contributed by atoms with van der Waals surface area (Å²) in [4.78, 5) is 23.7. The molecule has 3 N–H and O–H groups in total. The number of hydrogen-bond donors (Lipinski definition) is 2. The van der Waals surface area contributed by atoms with Gasteiger partial charge >= 0.3 is 0 Å². The van der Waals surface area contributed by atoms with Crippen molar-refractivity contribution < 1.29 is 17.6 Å². The first-order valence-corrected chi connectivity index (χ1v) is 12.3. The summed E-state index contributed by atoms with van der Waals surface area (Å²) in [5, 5.41) is -0.359. The van der Waals surface area contributed by atoms with Crippen LogP contribution in [0.25, 0.3) is 11.3 Å². The minimum absolute atomic E-state index is 0.0185. The average Bonchev–Trinajstić information content (AvgIpc) is 3.05. The first-order chi connectivity index (χ1) is 16.0. The third-order valence-corrected chi connectivity index (χ3v) is 7.66. The molecule has 0 bridgehead atoms. The number of amides is 1. The number of rotatable bonds is 5. The maximum Gasteiger partial charge on any atom is 0.281 e. The zero-order valence-electron chi connectivity index (χ0n) is 19.1. The number of sulfonamides is 1. The van der Waals surface area contributed by atoms with Gasteiger partial charge in [0.1, 0.15) is 17.5 Å². The number of nitrogens with two attached hydrogens (primary N) is 1. The van der Waals surface area contributed by atoms with Crippen LogP contribution < -0.4 is 15.4 Å². The number of aromatic nitrogens is 2. The fraction of sp³-hybridized carbons (Fsp3) is 0.292. The number of nitrogens with one attached hydrogen (secondary N) is 1. The van der Waals surface area contributed by atoms with Gasteiger partial charge in [-0.1, -0.05) is 25.1 Å². The highest BCUT2D eigenvalue weighted by atomic mass is 32.2. The Kier molecular flexibility index (Phi) is 6.03. The summed E-state index contributed by atoms with van der Waals surface area (Å²) in [6.45, 7) is 6.86. The minimum atomic E-state index is -4.26. The Hall–Kier alpha value is -3.53. The SMILES string of the molecule is CC1CCN(c2nc(-c3cccc(F)c3)ccc2C(=O)NS(=O)(=O)c2cccc(N)n2)C1(C)C. The second kappa shape index (κ2) is 8.68. The first kappa shape index (κ1) is 23.6. The van der Waals surface area contributed by atoms with Crippen molar-refractivity contribution in [3.05, 3.63) is 66.0 Å². The van der Waals surface area contributed by atoms with Gasteiger partial charge in [0.15, 0.2) is 5.03 Å². The van der Waals surface area contributed by atoms with Crippen LogP contribution >= 0.6 is 0 Å². The summed E-state index contributed by atoms with van der Waals surface area (Å²) < 4.78 is 41.5. The van der Waals surface area contributed by atoms with Crippen LogP contribution in [-0.2, 0) is 10.0 Å². The Labute approximate surface area is 198 Å². The largest absolute Gasteiger partial charge is 0.384 e. The van der Waals surface area contributed by atoms with Crippen LogP contribution in [0, 0.1) is 11.7 Å². The van der Waals surface area contributed by atoms with E-state index in [4.69, 9.17) is 10.7 Å². The lowest BCUT2D eigenvalue weighted by Crippen LogP contribution is -2.43. The minimum Gasteiger partial charge on any atom is -0.384 e. The lowest BCUT2D eigenvalue weighted by molar-refractivity contribution is 0.0981. The van der Waals surface area contributed by atoms with E-state index in [9.17, 15) is 17.6 Å². The number of anilines is 2. The predicted molar refractivity (Wildman–Crippen MR) is 128 cm³/mol. The maximum atomic E-state index is 13.8. The highest BCUT2D eigenvalue weighted by Crippen LogP contribution is 2.39. The van der Waals surface area contributed by atoms with E-state index in [1.165, 1.54) is 36.4 Å². The highest BCUT2D eigenvalue weighted by molar-refractivity contribution is 7.90. The molecule has 8 nitrogen and oxygen atoms in total. The summed E-state index contributed by atoms with van der Waals surface area (Å²) in [6, 6.07) is 13.2. The molecule has 3 aromatic rings. The Balaban J connectivity index is 1.78. The van der Waals surface area contributed by atoms with E-state index in [2.05, 4.69) is 30.5 Å². The van der Waals surface area contributed by atoms with Gasteiger partial charge in [-0.15, -0.1) is 0 Å². The van der Waals surface area contributed by atoms with Gasteiger partial charge in [-0.3, -0.25) is 4.79 Å². The second-order valence-corrected chi connectivity index (χ2v) is 10.5. The molecule has 1 unspecified atom stereocenters. The molecule has 0 radical (unpaired) electrons. The van der Waals surface area contributed by atoms with E-state index >= 15 is 0 Å². The van der Waals surface area contributed by atoms with Crippen molar-refractivity contribution in [1.82, 2.24) is 14.7 Å². The molecule has 1 aliphatic rings. The molecule has 3 heterocycles. The van der Waals surface area contributed by atoms with Gasteiger partial charge < -0.3 is 10.6 Å². The summed E-state index contributed by atoms with van der Waals surface area (Å²) in [5.41, 5.74) is 6.38. The molecular formula is C24H26FN5O3S. The van der Waals surface area contributed by atoms with Crippen LogP contribution in [0.1, 0.15) is 37.6 Å². The lowest BCUT2D eigenvalue weighted by atomic mass is 9.90. The van der Waals surface area contributed by atoms with Gasteiger partial charge in [0, 0.05) is 17.6 Å². The van der Waals surface area contributed by atoms with Crippen molar-refractivity contribution in [1.29, 1.82) is 0 Å². The molecule has 0 saturated carbocycles. The number of nitrogens with zero attached hydrogens (tertiary/aromatic N) is 3. The van der Waals surface area contributed by atoms with Crippen molar-refractivity contribution in [2.24, 2.45) is 5.92 Å². The molecule has 1 saturated heterocycles. The summed E-state index contributed by atoms with van der Waals surface area (Å²) >= 11 is 0. The molecule has 1 aromatic carbocycles. The zero-order chi connectivity index (χ0) is 24.7. The number of nitrogen functional groups attached to an aromatic ring is 1. The lowest BCUT2D eigenvalue weighted by Gasteiger charge is -2.36. The smallest absolute Gasteiger partial charge is 0.281 e. The van der Waals surface area contributed by atoms with Crippen molar-refractivity contribution >= 4 is 27.6 Å². The van der Waals surface area contributed by atoms with Crippen LogP contribution in [0.15, 0.2) is 59.6 Å². The quantitative estimate of drug-likeness (QED) is 0.569. The van der Waals surface area contributed by atoms with Gasteiger partial charge in [-0.2, -0.15) is 8.42 Å². The van der Waals surface area contributed by atoms with E-state index in [1.54, 1.807) is 18.2 Å². The van der Waals surface area contributed by atoms with Gasteiger partial charge in [-0.25, -0.2) is 19.1 Å². The predicted octanol–water partition coefficient (Wildman–Crippen LogP) is 3.61. The van der Waals surface area contributed by atoms with Crippen LogP contribution in [0.2, 0.25) is 0 Å². The molecule has 1 amide bonds. The van der Waals surface area contributed by atoms with Crippen LogP contribution in [-0.4, -0.2) is 36.4 Å². The van der Waals surface area contributed by atoms with Crippen molar-refractivity contribution in [2.75, 3.05) is 17.2 Å². The normalized spacial score (nSPS) is 17.5. The molecule has 10 heteroatoms. The Morgan fingerprint density at radius 3 is 2.53 bits per heavy atom. The summed E-state index contributed by atoms with van der Waals surface area (Å²) in [5.74, 6) is -0.580. The third-order valence-electron chi connectivity index (χ3n) is 6.43. The maximum absolute atomic E-state index is 13.8. The summed E-state index contributed by atoms with van der Waals surface area (Å²) in [7, 11) is -4.26. The number of hydrogen-bond acceptors (Lipinski definition) is 7. The number of carbonyl (C=O) groups excluding carboxylic acids is 1. The average molecular weight is 484 g/mol. The first-order valence-electron chi connectivity index (χ1n) is 10.8. The van der Waals surface area contributed by atoms with Gasteiger partial charge in [-0.05, 0) is 62.6 Å². The standard InChI is InChI=1S/C24H26FN5O3S/c1-15-12-13-30(24(15,2)3)22-18(10-11-19(27-22)16-6-4-7-17(25)14-16)23(31)29-34(32,33)21-9-5-8-20(26)28-21/h4-11,14-15H,12-13H2,1-3H3,(H2,26,28)(H,29,31). The second-order valence-electron chi connectivity index (χ2n) is 8.91. The van der Waals surface area contributed by atoms with Crippen molar-refractivity contribution in [3.63, 3.8) is 0 Å². The monoisotopic (exact) mass is 483 g/mol. The molecular weight excluding hydrogens is 457 g/mol. The summed E-state index contributed by atoms with van der Waals surface area (Å²) in [6.07, 6.45) is 0.880. The fourth-order valence-corrected chi connectivity index (χ4v) is 5.00. The Morgan fingerprint density at radius 2 is 1.88 bits per heavy atom. The molecule has 1 aliphatic heterocycles. The molecule has 0 spiro atoms. The van der Waals surface area contributed by atoms with Crippen LogP contribution in [0.3, 0.4) is 0 Å². The fourth-order valence-electron chi connectivity index (χ4n) is 4.06. The van der Waals surface area contributed by atoms with E-state index in [0.717, 1.165) is 6.42 Å². The zero-order valence-corrected chi connectivity index (χ0v) is 19.9. The topological polar surface area (TPSA) is 118 Å². The van der Waals surface area contributed by atoms with E-state index < -0.39 is 21.7 Å². The Bertz CT molecular complexity index is 1360. The number of halogens is 1. The number of benzene rings is 1. The van der Waals surface area contributed by atoms with Crippen molar-refractivity contribution in [2.45, 2.75) is 37.8 Å². The van der Waals surface area contributed by atoms with Crippen molar-refractivity contribution in [3.8, 4) is 11.3 Å². The molecule has 0 aliphatic carbocycles. The van der Waals surface area contributed by atoms with Crippen LogP contribution in [0.5, 0.6) is 0 Å². The van der Waals surface area contributed by atoms with Crippen LogP contribution in [0.4, 0.5) is 16.0 Å². The van der Waals surface area contributed by atoms with E-state index in [-0.39, 0.29) is 21.9 Å².